The van der Waals surface area contributed by atoms with Gasteiger partial charge in [-0.25, -0.2) is 0 Å². The Morgan fingerprint density at radius 1 is 1.31 bits per heavy atom. The summed E-state index contributed by atoms with van der Waals surface area (Å²) in [6.45, 7) is 5.53. The van der Waals surface area contributed by atoms with Gasteiger partial charge in [-0.15, -0.1) is 0 Å². The number of hydrogen-bond donors (Lipinski definition) is 1. The van der Waals surface area contributed by atoms with Crippen LogP contribution in [0, 0.1) is 0 Å². The number of nitrogens with two attached hydrogens (primary N) is 1. The van der Waals surface area contributed by atoms with E-state index in [1.807, 2.05) is 6.07 Å². The summed E-state index contributed by atoms with van der Waals surface area (Å²) in [6.07, 6.45) is 2.46. The topological polar surface area (TPSA) is 25.8 Å². The molecule has 1 aromatic rings. The third-order valence-electron chi connectivity index (χ3n) is 2.95. The smallest absolute Gasteiger partial charge is 0.133 e. The summed E-state index contributed by atoms with van der Waals surface area (Å²) >= 11 is 3.51. The molecular weight excluding hydrogens is 266 g/mol. The lowest BCUT2D eigenvalue weighted by molar-refractivity contribution is -0.704. The van der Waals surface area contributed by atoms with Crippen LogP contribution in [0.1, 0.15) is 32.3 Å². The zero-order valence-electron chi connectivity index (χ0n) is 10.3. The van der Waals surface area contributed by atoms with Crippen LogP contribution in [0.15, 0.2) is 22.7 Å². The molecule has 0 atom stereocenters. The summed E-state index contributed by atoms with van der Waals surface area (Å²) in [5.74, 6) is 0.895. The Labute approximate surface area is 107 Å². The Morgan fingerprint density at radius 3 is 2.50 bits per heavy atom. The number of ether oxygens (including phenoxy) is 1. The average molecular weight is 287 g/mol. The molecular formula is C13H21BrNO+. The van der Waals surface area contributed by atoms with E-state index < -0.39 is 0 Å². The first-order chi connectivity index (χ1) is 7.71. The quantitative estimate of drug-likeness (QED) is 0.855. The summed E-state index contributed by atoms with van der Waals surface area (Å²) in [5.41, 5.74) is 1.33. The van der Waals surface area contributed by atoms with Gasteiger partial charge in [0.05, 0.1) is 17.6 Å². The molecule has 2 nitrogen and oxygen atoms in total. The van der Waals surface area contributed by atoms with Crippen molar-refractivity contribution in [2.45, 2.75) is 39.3 Å². The normalized spacial score (nSPS) is 10.8. The molecule has 0 saturated carbocycles. The van der Waals surface area contributed by atoms with Crippen molar-refractivity contribution in [1.82, 2.24) is 0 Å². The van der Waals surface area contributed by atoms with E-state index in [1.165, 1.54) is 18.4 Å². The number of hydrogen-bond acceptors (Lipinski definition) is 1. The van der Waals surface area contributed by atoms with Gasteiger partial charge in [0.15, 0.2) is 0 Å². The maximum atomic E-state index is 5.21. The van der Waals surface area contributed by atoms with Crippen molar-refractivity contribution < 1.29 is 10.1 Å². The number of quaternary nitrogens is 1. The van der Waals surface area contributed by atoms with Crippen LogP contribution < -0.4 is 10.1 Å². The van der Waals surface area contributed by atoms with Gasteiger partial charge in [-0.2, -0.15) is 0 Å². The van der Waals surface area contributed by atoms with Crippen molar-refractivity contribution in [2.24, 2.45) is 0 Å². The van der Waals surface area contributed by atoms with Gasteiger partial charge in [0.1, 0.15) is 12.3 Å². The number of methoxy groups -OCH3 is 1. The van der Waals surface area contributed by atoms with Crippen molar-refractivity contribution in [1.29, 1.82) is 0 Å². The van der Waals surface area contributed by atoms with Gasteiger partial charge in [-0.05, 0) is 47.0 Å². The first kappa shape index (κ1) is 13.5. The van der Waals surface area contributed by atoms with Gasteiger partial charge in [0, 0.05) is 5.56 Å². The third kappa shape index (κ3) is 3.80. The lowest BCUT2D eigenvalue weighted by Crippen LogP contribution is -2.88. The van der Waals surface area contributed by atoms with E-state index in [2.05, 4.69) is 47.2 Å². The second-order valence-corrected chi connectivity index (χ2v) is 4.84. The van der Waals surface area contributed by atoms with Crippen LogP contribution >= 0.6 is 15.9 Å². The Kier molecular flexibility index (Phi) is 5.85. The fourth-order valence-electron chi connectivity index (χ4n) is 1.76. The van der Waals surface area contributed by atoms with Crippen molar-refractivity contribution in [3.8, 4) is 5.75 Å². The van der Waals surface area contributed by atoms with E-state index in [0.717, 1.165) is 22.8 Å². The van der Waals surface area contributed by atoms with Crippen molar-refractivity contribution in [2.75, 3.05) is 7.11 Å². The Hall–Kier alpha value is -0.540. The minimum Gasteiger partial charge on any atom is -0.496 e. The SMILES string of the molecule is CCC(CC)[NH2+]Cc1ccc(OC)c(Br)c1. The molecule has 0 aromatic heterocycles. The lowest BCUT2D eigenvalue weighted by atomic mass is 10.1. The number of halogens is 1. The summed E-state index contributed by atoms with van der Waals surface area (Å²) in [5, 5.41) is 2.41. The molecule has 1 rings (SSSR count). The van der Waals surface area contributed by atoms with E-state index >= 15 is 0 Å². The molecule has 0 spiro atoms. The molecule has 0 aliphatic rings. The van der Waals surface area contributed by atoms with Gasteiger partial charge in [0.2, 0.25) is 0 Å². The van der Waals surface area contributed by atoms with Crippen molar-refractivity contribution >= 4 is 15.9 Å². The Bertz CT molecular complexity index is 324. The molecule has 0 fully saturated rings. The zero-order valence-corrected chi connectivity index (χ0v) is 11.9. The molecule has 0 saturated heterocycles. The predicted molar refractivity (Wildman–Crippen MR) is 70.7 cm³/mol. The van der Waals surface area contributed by atoms with Crippen LogP contribution in [-0.2, 0) is 6.54 Å². The Balaban J connectivity index is 2.58. The largest absolute Gasteiger partial charge is 0.496 e. The number of benzene rings is 1. The molecule has 0 bridgehead atoms. The highest BCUT2D eigenvalue weighted by Crippen LogP contribution is 2.25. The molecule has 0 amide bonds. The molecule has 0 radical (unpaired) electrons. The molecule has 90 valence electrons. The van der Waals surface area contributed by atoms with Crippen LogP contribution in [0.25, 0.3) is 0 Å². The van der Waals surface area contributed by atoms with Crippen LogP contribution in [0.5, 0.6) is 5.75 Å². The highest BCUT2D eigenvalue weighted by molar-refractivity contribution is 9.10. The number of rotatable bonds is 6. The second kappa shape index (κ2) is 6.92. The summed E-state index contributed by atoms with van der Waals surface area (Å²) in [4.78, 5) is 0. The summed E-state index contributed by atoms with van der Waals surface area (Å²) in [6, 6.07) is 7.02. The first-order valence-corrected chi connectivity index (χ1v) is 6.66. The Morgan fingerprint density at radius 2 is 2.00 bits per heavy atom. The van der Waals surface area contributed by atoms with Gasteiger partial charge >= 0.3 is 0 Å². The van der Waals surface area contributed by atoms with E-state index in [-0.39, 0.29) is 0 Å². The van der Waals surface area contributed by atoms with E-state index in [1.54, 1.807) is 7.11 Å². The zero-order chi connectivity index (χ0) is 12.0. The molecule has 0 aliphatic heterocycles. The predicted octanol–water partition coefficient (Wildman–Crippen LogP) is 2.71. The molecule has 0 unspecified atom stereocenters. The van der Waals surface area contributed by atoms with Crippen molar-refractivity contribution in [3.05, 3.63) is 28.2 Å². The van der Waals surface area contributed by atoms with Crippen LogP contribution in [0.2, 0.25) is 0 Å². The van der Waals surface area contributed by atoms with Crippen LogP contribution in [0.3, 0.4) is 0 Å². The highest BCUT2D eigenvalue weighted by Gasteiger charge is 2.07. The fraction of sp³-hybridized carbons (Fsp3) is 0.538. The monoisotopic (exact) mass is 286 g/mol. The van der Waals surface area contributed by atoms with Gasteiger partial charge < -0.3 is 10.1 Å². The highest BCUT2D eigenvalue weighted by atomic mass is 79.9. The van der Waals surface area contributed by atoms with Gasteiger partial charge in [-0.3, -0.25) is 0 Å². The minimum atomic E-state index is 0.737. The summed E-state index contributed by atoms with van der Waals surface area (Å²) < 4.78 is 6.24. The third-order valence-corrected chi connectivity index (χ3v) is 3.57. The standard InChI is InChI=1S/C13H20BrNO/c1-4-11(5-2)15-9-10-6-7-13(16-3)12(14)8-10/h6-8,11,15H,4-5,9H2,1-3H3/p+1. The van der Waals surface area contributed by atoms with Crippen LogP contribution in [-0.4, -0.2) is 13.2 Å². The fourth-order valence-corrected chi connectivity index (χ4v) is 2.35. The maximum Gasteiger partial charge on any atom is 0.133 e. The molecule has 2 N–H and O–H groups in total. The van der Waals surface area contributed by atoms with E-state index in [0.29, 0.717) is 0 Å². The minimum absolute atomic E-state index is 0.737. The molecule has 16 heavy (non-hydrogen) atoms. The lowest BCUT2D eigenvalue weighted by Gasteiger charge is -2.12. The molecule has 3 heteroatoms. The molecule has 0 aliphatic carbocycles. The summed E-state index contributed by atoms with van der Waals surface area (Å²) in [7, 11) is 1.69. The first-order valence-electron chi connectivity index (χ1n) is 5.87. The van der Waals surface area contributed by atoms with E-state index in [4.69, 9.17) is 4.74 Å². The molecule has 0 heterocycles. The average Bonchev–Trinajstić information content (AvgIpc) is 2.30. The molecule has 1 aromatic carbocycles. The second-order valence-electron chi connectivity index (χ2n) is 3.99. The van der Waals surface area contributed by atoms with Gasteiger partial charge in [-0.1, -0.05) is 13.8 Å². The van der Waals surface area contributed by atoms with Gasteiger partial charge in [0.25, 0.3) is 0 Å². The van der Waals surface area contributed by atoms with Crippen LogP contribution in [0.4, 0.5) is 0 Å². The van der Waals surface area contributed by atoms with E-state index in [9.17, 15) is 0 Å². The van der Waals surface area contributed by atoms with Crippen molar-refractivity contribution in [3.63, 3.8) is 0 Å². The maximum absolute atomic E-state index is 5.21.